The van der Waals surface area contributed by atoms with Crippen LogP contribution < -0.4 is 10.4 Å². The topological polar surface area (TPSA) is 95.9 Å². The first-order chi connectivity index (χ1) is 16.1. The molecule has 0 aliphatic rings. The number of aryl methyl sites for hydroxylation is 2. The zero-order chi connectivity index (χ0) is 24.2. The Hall–Kier alpha value is -3.51. The highest BCUT2D eigenvalue weighted by Gasteiger charge is 2.30. The Morgan fingerprint density at radius 2 is 2.03 bits per heavy atom. The number of alkyl halides is 3. The summed E-state index contributed by atoms with van der Waals surface area (Å²) in [5.41, 5.74) is 1.11. The third-order valence-corrected chi connectivity index (χ3v) is 6.25. The van der Waals surface area contributed by atoms with Crippen LogP contribution >= 0.6 is 22.9 Å². The average molecular weight is 508 g/mol. The Morgan fingerprint density at radius 3 is 2.76 bits per heavy atom. The molecule has 0 atom stereocenters. The fourth-order valence-corrected chi connectivity index (χ4v) is 4.53. The first-order valence-corrected chi connectivity index (χ1v) is 10.9. The van der Waals surface area contributed by atoms with E-state index in [2.05, 4.69) is 20.1 Å². The molecule has 8 nitrogen and oxygen atoms in total. The highest BCUT2D eigenvalue weighted by atomic mass is 35.5. The van der Waals surface area contributed by atoms with E-state index < -0.39 is 18.4 Å². The summed E-state index contributed by atoms with van der Waals surface area (Å²) in [6.45, 7) is 2.10. The molecule has 4 heterocycles. The summed E-state index contributed by atoms with van der Waals surface area (Å²) in [5.74, 6) is -0.461. The summed E-state index contributed by atoms with van der Waals surface area (Å²) in [4.78, 5) is 25.9. The molecule has 0 aliphatic heterocycles. The molecule has 0 bridgehead atoms. The highest BCUT2D eigenvalue weighted by Crippen LogP contribution is 2.33. The first-order valence-electron chi connectivity index (χ1n) is 9.73. The maximum atomic E-state index is 12.9. The van der Waals surface area contributed by atoms with E-state index in [9.17, 15) is 18.0 Å². The predicted molar refractivity (Wildman–Crippen MR) is 120 cm³/mol. The van der Waals surface area contributed by atoms with Crippen molar-refractivity contribution in [2.24, 2.45) is 0 Å². The summed E-state index contributed by atoms with van der Waals surface area (Å²) in [6.07, 6.45) is -3.14. The van der Waals surface area contributed by atoms with Gasteiger partial charge in [0.1, 0.15) is 5.69 Å². The van der Waals surface area contributed by atoms with Gasteiger partial charge >= 0.3 is 11.8 Å². The molecule has 1 aromatic carbocycles. The Labute approximate surface area is 197 Å². The molecule has 0 unspecified atom stereocenters. The molecular weight excluding hydrogens is 495 g/mol. The predicted octanol–water partition coefficient (Wildman–Crippen LogP) is 5.26. The van der Waals surface area contributed by atoms with E-state index >= 15 is 0 Å². The van der Waals surface area contributed by atoms with E-state index in [0.717, 1.165) is 20.0 Å². The number of hydrogen-bond donors (Lipinski definition) is 0. The zero-order valence-electron chi connectivity index (χ0n) is 17.5. The maximum Gasteiger partial charge on any atom is 0.422 e. The Kier molecular flexibility index (Phi) is 5.29. The second kappa shape index (κ2) is 8.06. The van der Waals surface area contributed by atoms with Gasteiger partial charge in [0, 0.05) is 12.3 Å². The molecule has 34 heavy (non-hydrogen) atoms. The van der Waals surface area contributed by atoms with Crippen LogP contribution in [0.3, 0.4) is 0 Å². The number of halogens is 4. The number of aromatic nitrogens is 5. The van der Waals surface area contributed by atoms with E-state index in [4.69, 9.17) is 20.8 Å². The van der Waals surface area contributed by atoms with Crippen LogP contribution in [0.25, 0.3) is 38.5 Å². The highest BCUT2D eigenvalue weighted by molar-refractivity contribution is 7.18. The Morgan fingerprint density at radius 1 is 1.24 bits per heavy atom. The standard InChI is InChI=1S/C21H13ClF3N5O3S/c1-9-16-11(6-13-17(9)34-10(2)27-13)20(31)33-19(28-16)14-7-15(32-8-21(23,24)25)29-30(14)18-12(22)4-3-5-26-18/h3-7H,8H2,1-2H3. The van der Waals surface area contributed by atoms with Crippen LogP contribution in [-0.4, -0.2) is 37.5 Å². The van der Waals surface area contributed by atoms with E-state index in [-0.39, 0.29) is 33.7 Å². The molecule has 0 N–H and O–H groups in total. The molecule has 0 spiro atoms. The first kappa shape index (κ1) is 22.3. The molecule has 0 amide bonds. The SMILES string of the molecule is Cc1nc2cc3c(=O)oc(-c4cc(OCC(F)(F)F)nn4-c4ncccc4Cl)nc3c(C)c2s1. The second-order valence-electron chi connectivity index (χ2n) is 7.28. The third-order valence-electron chi connectivity index (χ3n) is 4.84. The van der Waals surface area contributed by atoms with Gasteiger partial charge in [-0.25, -0.2) is 24.4 Å². The number of nitrogens with zero attached hydrogens (tertiary/aromatic N) is 5. The molecule has 0 fully saturated rings. The number of benzene rings is 1. The molecule has 0 radical (unpaired) electrons. The van der Waals surface area contributed by atoms with Crippen molar-refractivity contribution in [1.29, 1.82) is 0 Å². The van der Waals surface area contributed by atoms with Crippen molar-refractivity contribution in [1.82, 2.24) is 24.7 Å². The summed E-state index contributed by atoms with van der Waals surface area (Å²) in [7, 11) is 0. The molecule has 0 saturated heterocycles. The number of pyridine rings is 1. The van der Waals surface area contributed by atoms with E-state index in [0.29, 0.717) is 11.0 Å². The summed E-state index contributed by atoms with van der Waals surface area (Å²) >= 11 is 7.69. The van der Waals surface area contributed by atoms with Gasteiger partial charge in [0.25, 0.3) is 0 Å². The quantitative estimate of drug-likeness (QED) is 0.327. The largest absolute Gasteiger partial charge is 0.467 e. The molecule has 0 aliphatic carbocycles. The smallest absolute Gasteiger partial charge is 0.422 e. The van der Waals surface area contributed by atoms with Crippen LogP contribution in [0.4, 0.5) is 13.2 Å². The molecular formula is C21H13ClF3N5O3S. The van der Waals surface area contributed by atoms with Crippen molar-refractivity contribution in [3.8, 4) is 23.3 Å². The minimum atomic E-state index is -4.57. The lowest BCUT2D eigenvalue weighted by atomic mass is 10.1. The van der Waals surface area contributed by atoms with Gasteiger partial charge in [-0.1, -0.05) is 11.6 Å². The van der Waals surface area contributed by atoms with E-state index in [1.807, 2.05) is 13.8 Å². The van der Waals surface area contributed by atoms with Crippen LogP contribution in [-0.2, 0) is 0 Å². The molecule has 174 valence electrons. The Bertz CT molecular complexity index is 1630. The van der Waals surface area contributed by atoms with E-state index in [1.165, 1.54) is 29.7 Å². The van der Waals surface area contributed by atoms with Crippen molar-refractivity contribution >= 4 is 44.1 Å². The summed E-state index contributed by atoms with van der Waals surface area (Å²) in [5, 5.41) is 5.26. The lowest BCUT2D eigenvalue weighted by molar-refractivity contribution is -0.154. The normalized spacial score (nSPS) is 12.1. The molecule has 0 saturated carbocycles. The lowest BCUT2D eigenvalue weighted by Crippen LogP contribution is -2.19. The summed E-state index contributed by atoms with van der Waals surface area (Å²) in [6, 6.07) is 5.89. The van der Waals surface area contributed by atoms with Gasteiger partial charge in [-0.05, 0) is 37.6 Å². The van der Waals surface area contributed by atoms with Crippen LogP contribution in [0, 0.1) is 13.8 Å². The van der Waals surface area contributed by atoms with Gasteiger partial charge in [0.15, 0.2) is 12.4 Å². The number of hydrogen-bond acceptors (Lipinski definition) is 8. The monoisotopic (exact) mass is 507 g/mol. The number of rotatable bonds is 4. The van der Waals surface area contributed by atoms with Crippen molar-refractivity contribution in [3.05, 3.63) is 56.5 Å². The minimum Gasteiger partial charge on any atom is -0.467 e. The fourth-order valence-electron chi connectivity index (χ4n) is 3.43. The average Bonchev–Trinajstić information content (AvgIpc) is 3.36. The van der Waals surface area contributed by atoms with Crippen molar-refractivity contribution in [3.63, 3.8) is 0 Å². The van der Waals surface area contributed by atoms with Gasteiger partial charge in [-0.2, -0.15) is 13.2 Å². The van der Waals surface area contributed by atoms with Crippen LogP contribution in [0.15, 0.2) is 39.7 Å². The van der Waals surface area contributed by atoms with Crippen molar-refractivity contribution in [2.45, 2.75) is 20.0 Å². The minimum absolute atomic E-state index is 0.0387. The van der Waals surface area contributed by atoms with E-state index in [1.54, 1.807) is 12.1 Å². The Balaban J connectivity index is 1.73. The van der Waals surface area contributed by atoms with Gasteiger partial charge in [0.05, 0.1) is 31.1 Å². The summed E-state index contributed by atoms with van der Waals surface area (Å²) < 4.78 is 50.3. The number of fused-ring (bicyclic) bond motifs is 2. The fraction of sp³-hybridized carbons (Fsp3) is 0.190. The van der Waals surface area contributed by atoms with Gasteiger partial charge in [-0.15, -0.1) is 16.4 Å². The lowest BCUT2D eigenvalue weighted by Gasteiger charge is -2.08. The molecule has 4 aromatic heterocycles. The molecule has 5 aromatic rings. The van der Waals surface area contributed by atoms with Gasteiger partial charge in [0.2, 0.25) is 11.8 Å². The van der Waals surface area contributed by atoms with Crippen molar-refractivity contribution in [2.75, 3.05) is 6.61 Å². The van der Waals surface area contributed by atoms with Gasteiger partial charge in [-0.3, -0.25) is 0 Å². The van der Waals surface area contributed by atoms with Crippen LogP contribution in [0.1, 0.15) is 10.6 Å². The third kappa shape index (κ3) is 3.99. The number of ether oxygens (including phenoxy) is 1. The molecule has 5 rings (SSSR count). The number of thiazole rings is 1. The van der Waals surface area contributed by atoms with Crippen LogP contribution in [0.5, 0.6) is 5.88 Å². The van der Waals surface area contributed by atoms with Crippen molar-refractivity contribution < 1.29 is 22.3 Å². The molecule has 13 heteroatoms. The maximum absolute atomic E-state index is 12.9. The van der Waals surface area contributed by atoms with Gasteiger partial charge < -0.3 is 9.15 Å². The zero-order valence-corrected chi connectivity index (χ0v) is 19.0. The second-order valence-corrected chi connectivity index (χ2v) is 8.89. The van der Waals surface area contributed by atoms with Crippen LogP contribution in [0.2, 0.25) is 5.02 Å².